The molecular formula is C20H17ClFN3O. The Hall–Kier alpha value is -2.79. The highest BCUT2D eigenvalue weighted by Gasteiger charge is 2.08. The number of carbonyl (C=O) groups excluding carboxylic acids is 1. The molecule has 0 saturated carbocycles. The summed E-state index contributed by atoms with van der Waals surface area (Å²) in [6, 6.07) is 11.4. The van der Waals surface area contributed by atoms with Gasteiger partial charge in [0.15, 0.2) is 5.78 Å². The number of pyridine rings is 2. The molecule has 132 valence electrons. The van der Waals surface area contributed by atoms with Crippen LogP contribution in [0.3, 0.4) is 0 Å². The van der Waals surface area contributed by atoms with Crippen LogP contribution in [-0.2, 0) is 6.42 Å². The van der Waals surface area contributed by atoms with Crippen LogP contribution >= 0.6 is 11.6 Å². The minimum atomic E-state index is -0.280. The minimum absolute atomic E-state index is 0.0382. The van der Waals surface area contributed by atoms with Crippen LogP contribution in [0.2, 0.25) is 5.15 Å². The summed E-state index contributed by atoms with van der Waals surface area (Å²) in [4.78, 5) is 20.3. The van der Waals surface area contributed by atoms with Crippen LogP contribution in [-0.4, -0.2) is 15.8 Å². The van der Waals surface area contributed by atoms with E-state index in [0.717, 1.165) is 23.4 Å². The molecule has 26 heavy (non-hydrogen) atoms. The number of benzene rings is 1. The Balaban J connectivity index is 1.60. The summed E-state index contributed by atoms with van der Waals surface area (Å²) in [6.07, 6.45) is 6.78. The molecule has 0 unspecified atom stereocenters. The highest BCUT2D eigenvalue weighted by molar-refractivity contribution is 6.29. The van der Waals surface area contributed by atoms with Crippen molar-refractivity contribution >= 4 is 28.8 Å². The van der Waals surface area contributed by atoms with E-state index in [9.17, 15) is 9.18 Å². The molecule has 3 rings (SSSR count). The molecule has 0 saturated heterocycles. The molecule has 0 radical (unpaired) electrons. The predicted molar refractivity (Wildman–Crippen MR) is 100 cm³/mol. The summed E-state index contributed by atoms with van der Waals surface area (Å²) < 4.78 is 13.0. The lowest BCUT2D eigenvalue weighted by molar-refractivity contribution is 0.0980. The third kappa shape index (κ3) is 4.86. The molecule has 0 aliphatic heterocycles. The first-order valence-electron chi connectivity index (χ1n) is 8.22. The maximum Gasteiger partial charge on any atom is 0.164 e. The second-order valence-electron chi connectivity index (χ2n) is 5.81. The number of aryl methyl sites for hydroxylation is 1. The number of anilines is 2. The van der Waals surface area contributed by atoms with Gasteiger partial charge in [-0.1, -0.05) is 11.6 Å². The largest absolute Gasteiger partial charge is 0.354 e. The number of carbonyl (C=O) groups is 1. The number of ketones is 1. The molecule has 0 spiro atoms. The van der Waals surface area contributed by atoms with Crippen LogP contribution in [0.1, 0.15) is 28.8 Å². The van der Waals surface area contributed by atoms with Gasteiger partial charge in [0.05, 0.1) is 11.9 Å². The van der Waals surface area contributed by atoms with Crippen LogP contribution in [0.15, 0.2) is 61.1 Å². The highest BCUT2D eigenvalue weighted by atomic mass is 35.5. The maximum atomic E-state index is 13.0. The SMILES string of the molecule is O=C(CCCc1ccncc1Nc1ccc(F)cc1)c1ccc(Cl)nc1. The van der Waals surface area contributed by atoms with Crippen molar-refractivity contribution in [1.29, 1.82) is 0 Å². The van der Waals surface area contributed by atoms with E-state index in [4.69, 9.17) is 11.6 Å². The van der Waals surface area contributed by atoms with E-state index in [1.807, 2.05) is 6.07 Å². The average Bonchev–Trinajstić information content (AvgIpc) is 2.65. The molecule has 2 aromatic heterocycles. The van der Waals surface area contributed by atoms with Crippen molar-refractivity contribution in [3.8, 4) is 0 Å². The van der Waals surface area contributed by atoms with Crippen molar-refractivity contribution in [3.63, 3.8) is 0 Å². The van der Waals surface area contributed by atoms with Gasteiger partial charge in [-0.2, -0.15) is 0 Å². The van der Waals surface area contributed by atoms with Crippen molar-refractivity contribution in [2.24, 2.45) is 0 Å². The van der Waals surface area contributed by atoms with E-state index in [2.05, 4.69) is 15.3 Å². The van der Waals surface area contributed by atoms with Crippen molar-refractivity contribution < 1.29 is 9.18 Å². The van der Waals surface area contributed by atoms with Gasteiger partial charge in [-0.05, 0) is 60.9 Å². The van der Waals surface area contributed by atoms with Gasteiger partial charge < -0.3 is 5.32 Å². The topological polar surface area (TPSA) is 54.9 Å². The van der Waals surface area contributed by atoms with Gasteiger partial charge in [0.2, 0.25) is 0 Å². The first-order valence-corrected chi connectivity index (χ1v) is 8.60. The zero-order valence-corrected chi connectivity index (χ0v) is 14.7. The number of nitrogens with zero attached hydrogens (tertiary/aromatic N) is 2. The Labute approximate surface area is 156 Å². The highest BCUT2D eigenvalue weighted by Crippen LogP contribution is 2.22. The van der Waals surface area contributed by atoms with Gasteiger partial charge in [0.25, 0.3) is 0 Å². The molecule has 6 heteroatoms. The maximum absolute atomic E-state index is 13.0. The van der Waals surface area contributed by atoms with Gasteiger partial charge in [-0.25, -0.2) is 9.37 Å². The summed E-state index contributed by atoms with van der Waals surface area (Å²) in [6.45, 7) is 0. The number of nitrogens with one attached hydrogen (secondary N) is 1. The first kappa shape index (κ1) is 18.0. The van der Waals surface area contributed by atoms with Gasteiger partial charge in [-0.15, -0.1) is 0 Å². The zero-order chi connectivity index (χ0) is 18.4. The van der Waals surface area contributed by atoms with E-state index >= 15 is 0 Å². The number of Topliss-reactive ketones (excluding diaryl/α,β-unsaturated/α-hetero) is 1. The Morgan fingerprint density at radius 1 is 1.08 bits per heavy atom. The Morgan fingerprint density at radius 2 is 1.88 bits per heavy atom. The van der Waals surface area contributed by atoms with Gasteiger partial charge in [0, 0.05) is 30.1 Å². The second kappa shape index (κ2) is 8.54. The number of hydrogen-bond donors (Lipinski definition) is 1. The molecular weight excluding hydrogens is 353 g/mol. The second-order valence-corrected chi connectivity index (χ2v) is 6.20. The van der Waals surface area contributed by atoms with Crippen LogP contribution in [0.25, 0.3) is 0 Å². The van der Waals surface area contributed by atoms with Gasteiger partial charge >= 0.3 is 0 Å². The third-order valence-corrected chi connectivity index (χ3v) is 4.16. The molecule has 0 bridgehead atoms. The zero-order valence-electron chi connectivity index (χ0n) is 14.0. The fourth-order valence-corrected chi connectivity index (χ4v) is 2.68. The lowest BCUT2D eigenvalue weighted by Gasteiger charge is -2.11. The molecule has 0 atom stereocenters. The average molecular weight is 370 g/mol. The van der Waals surface area contributed by atoms with Crippen LogP contribution in [0.5, 0.6) is 0 Å². The normalized spacial score (nSPS) is 10.5. The van der Waals surface area contributed by atoms with Crippen LogP contribution in [0.4, 0.5) is 15.8 Å². The third-order valence-electron chi connectivity index (χ3n) is 3.93. The number of hydrogen-bond acceptors (Lipinski definition) is 4. The van der Waals surface area contributed by atoms with E-state index in [0.29, 0.717) is 23.6 Å². The van der Waals surface area contributed by atoms with E-state index in [1.165, 1.54) is 18.3 Å². The van der Waals surface area contributed by atoms with Crippen LogP contribution in [0, 0.1) is 5.82 Å². The summed E-state index contributed by atoms with van der Waals surface area (Å²) in [5.41, 5.74) is 3.24. The van der Waals surface area contributed by atoms with Crippen LogP contribution < -0.4 is 5.32 Å². The molecule has 0 amide bonds. The molecule has 3 aromatic rings. The summed E-state index contributed by atoms with van der Waals surface area (Å²) in [5.74, 6) is -0.242. The quantitative estimate of drug-likeness (QED) is 0.458. The Bertz CT molecular complexity index is 882. The fraction of sp³-hybridized carbons (Fsp3) is 0.150. The number of halogens is 2. The van der Waals surface area contributed by atoms with Gasteiger partial charge in [0.1, 0.15) is 11.0 Å². The molecule has 1 N–H and O–H groups in total. The predicted octanol–water partition coefficient (Wildman–Crippen LogP) is 5.22. The monoisotopic (exact) mass is 369 g/mol. The van der Waals surface area contributed by atoms with Crippen molar-refractivity contribution in [2.45, 2.75) is 19.3 Å². The summed E-state index contributed by atoms with van der Waals surface area (Å²) in [5, 5.41) is 3.61. The lowest BCUT2D eigenvalue weighted by Crippen LogP contribution is -2.02. The Morgan fingerprint density at radius 3 is 2.62 bits per heavy atom. The van der Waals surface area contributed by atoms with E-state index < -0.39 is 0 Å². The number of aromatic nitrogens is 2. The van der Waals surface area contributed by atoms with Gasteiger partial charge in [-0.3, -0.25) is 9.78 Å². The molecule has 4 nitrogen and oxygen atoms in total. The summed E-state index contributed by atoms with van der Waals surface area (Å²) in [7, 11) is 0. The standard InChI is InChI=1S/C20H17ClFN3O/c21-20-9-4-15(12-24-20)19(26)3-1-2-14-10-11-23-13-18(14)25-17-7-5-16(22)6-8-17/h4-13,25H,1-3H2. The van der Waals surface area contributed by atoms with Crippen molar-refractivity contribution in [1.82, 2.24) is 9.97 Å². The minimum Gasteiger partial charge on any atom is -0.354 e. The molecule has 0 fully saturated rings. The molecule has 0 aliphatic rings. The smallest absolute Gasteiger partial charge is 0.164 e. The molecule has 1 aromatic carbocycles. The van der Waals surface area contributed by atoms with Crippen molar-refractivity contribution in [3.05, 3.63) is 83.2 Å². The van der Waals surface area contributed by atoms with E-state index in [-0.39, 0.29) is 11.6 Å². The lowest BCUT2D eigenvalue weighted by atomic mass is 10.0. The molecule has 2 heterocycles. The molecule has 0 aliphatic carbocycles. The van der Waals surface area contributed by atoms with E-state index in [1.54, 1.807) is 36.7 Å². The first-order chi connectivity index (χ1) is 12.6. The summed E-state index contributed by atoms with van der Waals surface area (Å²) >= 11 is 5.74. The number of rotatable bonds is 7. The van der Waals surface area contributed by atoms with Crippen molar-refractivity contribution in [2.75, 3.05) is 5.32 Å². The Kier molecular flexibility index (Phi) is 5.92. The fourth-order valence-electron chi connectivity index (χ4n) is 2.57.